The molecule has 2 aromatic carbocycles. The van der Waals surface area contributed by atoms with Crippen LogP contribution >= 0.6 is 11.6 Å². The third-order valence-corrected chi connectivity index (χ3v) is 5.62. The van der Waals surface area contributed by atoms with Crippen molar-refractivity contribution in [2.45, 2.75) is 39.2 Å². The van der Waals surface area contributed by atoms with Gasteiger partial charge in [-0.1, -0.05) is 48.9 Å². The summed E-state index contributed by atoms with van der Waals surface area (Å²) in [4.78, 5) is 45.4. The first kappa shape index (κ1) is 26.6. The number of halogens is 1. The van der Waals surface area contributed by atoms with E-state index in [1.807, 2.05) is 30.3 Å². The van der Waals surface area contributed by atoms with E-state index in [0.717, 1.165) is 10.2 Å². The van der Waals surface area contributed by atoms with Crippen molar-refractivity contribution in [1.29, 1.82) is 0 Å². The highest BCUT2D eigenvalue weighted by Gasteiger charge is 2.22. The molecule has 3 rings (SSSR count). The second kappa shape index (κ2) is 12.6. The summed E-state index contributed by atoms with van der Waals surface area (Å²) >= 11 is 6.06. The highest BCUT2D eigenvalue weighted by Crippen LogP contribution is 2.25. The summed E-state index contributed by atoms with van der Waals surface area (Å²) in [6.45, 7) is 7.18. The summed E-state index contributed by atoms with van der Waals surface area (Å²) in [6.07, 6.45) is 1.51. The molecule has 0 saturated carbocycles. The summed E-state index contributed by atoms with van der Waals surface area (Å²) in [5, 5.41) is 3.45. The molecule has 3 aromatic rings. The first-order chi connectivity index (χ1) is 17.3. The Morgan fingerprint density at radius 3 is 2.67 bits per heavy atom. The van der Waals surface area contributed by atoms with Crippen molar-refractivity contribution in [2.24, 2.45) is 4.99 Å². The van der Waals surface area contributed by atoms with Crippen molar-refractivity contribution in [3.05, 3.63) is 86.9 Å². The van der Waals surface area contributed by atoms with Crippen LogP contribution in [0.25, 0.3) is 0 Å². The fourth-order valence-corrected chi connectivity index (χ4v) is 3.64. The molecular formula is C26H28ClN5O4. The van der Waals surface area contributed by atoms with Crippen molar-refractivity contribution in [3.8, 4) is 5.75 Å². The van der Waals surface area contributed by atoms with Crippen LogP contribution in [0.1, 0.15) is 30.2 Å². The standard InChI is InChI=1S/C26H28ClN5O4/c1-4-21(36-22-11-10-20(27)14-19(22)15-23(33)28-3)25(34)31-32-17(2)16-30-24(26(32)35)29-13-12-18-8-6-5-7-9-18/h5-11,14,16,21H,3-4,12-13,15H2,1-2H3,(H,29,30)(H,31,34). The summed E-state index contributed by atoms with van der Waals surface area (Å²) < 4.78 is 7.06. The number of rotatable bonds is 11. The van der Waals surface area contributed by atoms with Gasteiger partial charge in [-0.25, -0.2) is 14.7 Å². The van der Waals surface area contributed by atoms with Crippen molar-refractivity contribution in [2.75, 3.05) is 17.3 Å². The Kier molecular flexibility index (Phi) is 9.35. The molecule has 0 aliphatic carbocycles. The van der Waals surface area contributed by atoms with Crippen LogP contribution in [0.3, 0.4) is 0 Å². The molecule has 1 aromatic heterocycles. The first-order valence-electron chi connectivity index (χ1n) is 11.4. The topological polar surface area (TPSA) is 115 Å². The van der Waals surface area contributed by atoms with Gasteiger partial charge in [0.05, 0.1) is 18.3 Å². The van der Waals surface area contributed by atoms with Gasteiger partial charge in [0.15, 0.2) is 11.9 Å². The van der Waals surface area contributed by atoms with Gasteiger partial charge in [0.25, 0.3) is 5.91 Å². The van der Waals surface area contributed by atoms with Crippen molar-refractivity contribution in [3.63, 3.8) is 0 Å². The Balaban J connectivity index is 1.73. The monoisotopic (exact) mass is 509 g/mol. The zero-order chi connectivity index (χ0) is 26.1. The smallest absolute Gasteiger partial charge is 0.312 e. The number of hydrogen-bond acceptors (Lipinski definition) is 6. The zero-order valence-electron chi connectivity index (χ0n) is 20.2. The van der Waals surface area contributed by atoms with Gasteiger partial charge in [-0.3, -0.25) is 19.8 Å². The molecule has 1 unspecified atom stereocenters. The molecule has 36 heavy (non-hydrogen) atoms. The number of nitrogens with one attached hydrogen (secondary N) is 2. The Morgan fingerprint density at radius 2 is 1.97 bits per heavy atom. The van der Waals surface area contributed by atoms with Crippen LogP contribution in [0.4, 0.5) is 5.82 Å². The molecule has 1 heterocycles. The number of ether oxygens (including phenoxy) is 1. The molecule has 9 nitrogen and oxygen atoms in total. The summed E-state index contributed by atoms with van der Waals surface area (Å²) in [6, 6.07) is 14.6. The molecule has 0 radical (unpaired) electrons. The van der Waals surface area contributed by atoms with Gasteiger partial charge >= 0.3 is 5.56 Å². The molecule has 10 heteroatoms. The lowest BCUT2D eigenvalue weighted by molar-refractivity contribution is -0.123. The molecule has 0 aliphatic rings. The molecule has 0 aliphatic heterocycles. The zero-order valence-corrected chi connectivity index (χ0v) is 20.9. The van der Waals surface area contributed by atoms with E-state index in [0.29, 0.717) is 41.4 Å². The maximum Gasteiger partial charge on any atom is 0.312 e. The fraction of sp³-hybridized carbons (Fsp3) is 0.269. The summed E-state index contributed by atoms with van der Waals surface area (Å²) in [7, 11) is 0. The Hall–Kier alpha value is -3.98. The molecule has 2 amide bonds. The molecule has 1 atom stereocenters. The minimum atomic E-state index is -0.939. The van der Waals surface area contributed by atoms with E-state index in [1.54, 1.807) is 32.0 Å². The van der Waals surface area contributed by atoms with Gasteiger partial charge in [-0.2, -0.15) is 0 Å². The van der Waals surface area contributed by atoms with Crippen LogP contribution in [0, 0.1) is 6.92 Å². The first-order valence-corrected chi connectivity index (χ1v) is 11.8. The van der Waals surface area contributed by atoms with Crippen LogP contribution in [0.2, 0.25) is 5.02 Å². The van der Waals surface area contributed by atoms with Crippen LogP contribution in [0.15, 0.2) is 64.5 Å². The maximum absolute atomic E-state index is 13.1. The molecular weight excluding hydrogens is 482 g/mol. The lowest BCUT2D eigenvalue weighted by atomic mass is 10.1. The Morgan fingerprint density at radius 1 is 1.22 bits per heavy atom. The maximum atomic E-state index is 13.1. The number of hydrogen-bond donors (Lipinski definition) is 2. The van der Waals surface area contributed by atoms with E-state index >= 15 is 0 Å². The van der Waals surface area contributed by atoms with Crippen molar-refractivity contribution < 1.29 is 14.3 Å². The highest BCUT2D eigenvalue weighted by molar-refractivity contribution is 6.30. The van der Waals surface area contributed by atoms with E-state index in [-0.39, 0.29) is 12.2 Å². The third-order valence-electron chi connectivity index (χ3n) is 5.38. The Bertz CT molecular complexity index is 1290. The van der Waals surface area contributed by atoms with Gasteiger partial charge in [0.1, 0.15) is 5.75 Å². The van der Waals surface area contributed by atoms with Crippen molar-refractivity contribution in [1.82, 2.24) is 9.66 Å². The lowest BCUT2D eigenvalue weighted by Gasteiger charge is -2.21. The van der Waals surface area contributed by atoms with E-state index in [9.17, 15) is 14.4 Å². The number of carbonyl (C=O) groups excluding carboxylic acids is 2. The van der Waals surface area contributed by atoms with Gasteiger partial charge < -0.3 is 10.1 Å². The second-order valence-corrected chi connectivity index (χ2v) is 8.46. The van der Waals surface area contributed by atoms with E-state index < -0.39 is 23.5 Å². The number of aliphatic imine (C=N–C) groups is 1. The van der Waals surface area contributed by atoms with Crippen molar-refractivity contribution >= 4 is 36.0 Å². The molecule has 2 N–H and O–H groups in total. The van der Waals surface area contributed by atoms with Crippen LogP contribution in [-0.2, 0) is 22.4 Å². The van der Waals surface area contributed by atoms with E-state index in [2.05, 4.69) is 27.4 Å². The number of amides is 2. The number of aromatic nitrogens is 2. The average molecular weight is 510 g/mol. The summed E-state index contributed by atoms with van der Waals surface area (Å²) in [5.74, 6) is -0.536. The van der Waals surface area contributed by atoms with E-state index in [1.165, 1.54) is 6.20 Å². The normalized spacial score (nSPS) is 11.4. The second-order valence-electron chi connectivity index (χ2n) is 8.02. The SMILES string of the molecule is C=NC(=O)Cc1cc(Cl)ccc1OC(CC)C(=O)Nn1c(C)cnc(NCCc2ccccc2)c1=O. The van der Waals surface area contributed by atoms with Gasteiger partial charge in [0, 0.05) is 17.1 Å². The molecule has 0 saturated heterocycles. The van der Waals surface area contributed by atoms with E-state index in [4.69, 9.17) is 16.3 Å². The number of carbonyl (C=O) groups is 2. The quantitative estimate of drug-likeness (QED) is 0.382. The van der Waals surface area contributed by atoms with Crippen LogP contribution in [-0.4, -0.2) is 40.8 Å². The van der Waals surface area contributed by atoms with Crippen LogP contribution < -0.4 is 21.0 Å². The number of anilines is 1. The minimum absolute atomic E-state index is 0.0711. The summed E-state index contributed by atoms with van der Waals surface area (Å²) in [5.41, 5.74) is 4.19. The largest absolute Gasteiger partial charge is 0.480 e. The molecule has 0 bridgehead atoms. The number of nitrogens with zero attached hydrogens (tertiary/aromatic N) is 3. The lowest BCUT2D eigenvalue weighted by Crippen LogP contribution is -2.42. The minimum Gasteiger partial charge on any atom is -0.480 e. The number of benzene rings is 2. The molecule has 188 valence electrons. The highest BCUT2D eigenvalue weighted by atomic mass is 35.5. The van der Waals surface area contributed by atoms with Crippen LogP contribution in [0.5, 0.6) is 5.75 Å². The predicted molar refractivity (Wildman–Crippen MR) is 141 cm³/mol. The third kappa shape index (κ3) is 7.02. The van der Waals surface area contributed by atoms with Gasteiger partial charge in [0.2, 0.25) is 5.91 Å². The molecule has 0 fully saturated rings. The fourth-order valence-electron chi connectivity index (χ4n) is 3.44. The Labute approximate surface area is 214 Å². The predicted octanol–water partition coefficient (Wildman–Crippen LogP) is 3.56. The average Bonchev–Trinajstić information content (AvgIpc) is 2.87. The van der Waals surface area contributed by atoms with Gasteiger partial charge in [-0.15, -0.1) is 0 Å². The van der Waals surface area contributed by atoms with Gasteiger partial charge in [-0.05, 0) is 50.2 Å². The molecule has 0 spiro atoms. The number of aryl methyl sites for hydroxylation is 1.